The highest BCUT2D eigenvalue weighted by Crippen LogP contribution is 2.34. The molecular formula is C32H30FN3O4. The molecule has 0 atom stereocenters. The van der Waals surface area contributed by atoms with Crippen LogP contribution in [-0.4, -0.2) is 38.8 Å². The molecular weight excluding hydrogens is 509 g/mol. The lowest BCUT2D eigenvalue weighted by atomic mass is 10.0. The Morgan fingerprint density at radius 2 is 1.73 bits per heavy atom. The second kappa shape index (κ2) is 12.0. The summed E-state index contributed by atoms with van der Waals surface area (Å²) in [5.74, 6) is 4.65. The summed E-state index contributed by atoms with van der Waals surface area (Å²) in [4.78, 5) is 35.7. The van der Waals surface area contributed by atoms with Crippen LogP contribution in [0.15, 0.2) is 66.9 Å². The van der Waals surface area contributed by atoms with Gasteiger partial charge in [-0.05, 0) is 75.9 Å². The molecule has 0 amide bonds. The topological polar surface area (TPSA) is 83.3 Å². The summed E-state index contributed by atoms with van der Waals surface area (Å²) < 4.78 is 27.4. The highest BCUT2D eigenvalue weighted by atomic mass is 19.1. The van der Waals surface area contributed by atoms with Crippen molar-refractivity contribution >= 4 is 12.1 Å². The van der Waals surface area contributed by atoms with Crippen LogP contribution >= 0.6 is 0 Å². The van der Waals surface area contributed by atoms with Crippen LogP contribution in [-0.2, 0) is 15.9 Å². The van der Waals surface area contributed by atoms with Gasteiger partial charge in [0.25, 0.3) is 0 Å². The number of hydrogen-bond donors (Lipinski definition) is 0. The highest BCUT2D eigenvalue weighted by molar-refractivity contribution is 5.99. The van der Waals surface area contributed by atoms with E-state index in [0.717, 1.165) is 10.1 Å². The van der Waals surface area contributed by atoms with Gasteiger partial charge in [0.2, 0.25) is 0 Å². The van der Waals surface area contributed by atoms with E-state index in [1.807, 2.05) is 37.3 Å². The molecule has 4 aromatic rings. The molecule has 0 aliphatic rings. The van der Waals surface area contributed by atoms with Crippen LogP contribution in [0.25, 0.3) is 22.6 Å². The smallest absolute Gasteiger partial charge is 0.420 e. The number of halogens is 1. The predicted molar refractivity (Wildman–Crippen MR) is 150 cm³/mol. The Balaban J connectivity index is 1.95. The number of rotatable bonds is 5. The van der Waals surface area contributed by atoms with Gasteiger partial charge in [0.05, 0.1) is 17.9 Å². The molecule has 0 unspecified atom stereocenters. The SMILES string of the molecule is CCOC(=O)c1nc(-c2c(F)cccc2CC)n(C(=O)OC(C)(C)C)c1-c1ccc(C#Cc2ccccc2)nc1. The second-order valence-corrected chi connectivity index (χ2v) is 9.84. The highest BCUT2D eigenvalue weighted by Gasteiger charge is 2.33. The molecule has 4 rings (SSSR count). The second-order valence-electron chi connectivity index (χ2n) is 9.84. The standard InChI is InChI=1S/C32H30FN3O4/c1-6-22-14-11-15-25(33)26(22)29-35-27(30(37)39-7-2)28(36(29)31(38)40-32(3,4)5)23-17-19-24(34-20-23)18-16-21-12-9-8-10-13-21/h8-15,17,19-20H,6-7H2,1-5H3. The van der Waals surface area contributed by atoms with Crippen molar-refractivity contribution < 1.29 is 23.5 Å². The maximum Gasteiger partial charge on any atom is 0.420 e. The Hall–Kier alpha value is -4.77. The molecule has 7 nitrogen and oxygen atoms in total. The van der Waals surface area contributed by atoms with Crippen molar-refractivity contribution in [2.75, 3.05) is 6.61 Å². The van der Waals surface area contributed by atoms with Crippen LogP contribution in [0, 0.1) is 17.7 Å². The van der Waals surface area contributed by atoms with Gasteiger partial charge in [0.1, 0.15) is 17.1 Å². The number of nitrogens with zero attached hydrogens (tertiary/aromatic N) is 3. The van der Waals surface area contributed by atoms with Gasteiger partial charge in [-0.15, -0.1) is 0 Å². The lowest BCUT2D eigenvalue weighted by molar-refractivity contribution is 0.0521. The van der Waals surface area contributed by atoms with Crippen molar-refractivity contribution in [3.05, 3.63) is 95.2 Å². The first-order valence-electron chi connectivity index (χ1n) is 13.0. The van der Waals surface area contributed by atoms with E-state index >= 15 is 4.39 Å². The van der Waals surface area contributed by atoms with Crippen LogP contribution in [0.2, 0.25) is 0 Å². The number of ether oxygens (including phenoxy) is 2. The van der Waals surface area contributed by atoms with Crippen molar-refractivity contribution in [3.8, 4) is 34.5 Å². The third-order valence-electron chi connectivity index (χ3n) is 5.77. The van der Waals surface area contributed by atoms with E-state index in [9.17, 15) is 9.59 Å². The number of aromatic nitrogens is 3. The molecule has 2 aromatic carbocycles. The minimum absolute atomic E-state index is 0.0600. The summed E-state index contributed by atoms with van der Waals surface area (Å²) >= 11 is 0. The van der Waals surface area contributed by atoms with E-state index in [-0.39, 0.29) is 29.4 Å². The molecule has 204 valence electrons. The van der Waals surface area contributed by atoms with E-state index in [0.29, 0.717) is 23.2 Å². The first-order chi connectivity index (χ1) is 19.1. The predicted octanol–water partition coefficient (Wildman–Crippen LogP) is 6.67. The van der Waals surface area contributed by atoms with Crippen molar-refractivity contribution in [2.24, 2.45) is 0 Å². The number of carbonyl (C=O) groups is 2. The largest absolute Gasteiger partial charge is 0.461 e. The molecule has 0 saturated carbocycles. The molecule has 0 bridgehead atoms. The molecule has 8 heteroatoms. The molecule has 0 radical (unpaired) electrons. The van der Waals surface area contributed by atoms with E-state index in [1.54, 1.807) is 52.0 Å². The first-order valence-corrected chi connectivity index (χ1v) is 13.0. The summed E-state index contributed by atoms with van der Waals surface area (Å²) in [6.45, 7) is 8.77. The number of carbonyl (C=O) groups excluding carboxylic acids is 2. The van der Waals surface area contributed by atoms with Crippen molar-refractivity contribution in [2.45, 2.75) is 46.6 Å². The molecule has 0 saturated heterocycles. The van der Waals surface area contributed by atoms with Gasteiger partial charge in [-0.3, -0.25) is 0 Å². The summed E-state index contributed by atoms with van der Waals surface area (Å²) in [6.07, 6.45) is 1.13. The van der Waals surface area contributed by atoms with Gasteiger partial charge in [0.15, 0.2) is 11.5 Å². The quantitative estimate of drug-likeness (QED) is 0.208. The first kappa shape index (κ1) is 28.2. The summed E-state index contributed by atoms with van der Waals surface area (Å²) in [5.41, 5.74) is 1.47. The Bertz CT molecular complexity index is 1590. The van der Waals surface area contributed by atoms with Gasteiger partial charge in [0, 0.05) is 17.3 Å². The normalized spacial score (nSPS) is 10.9. The number of imidazole rings is 1. The van der Waals surface area contributed by atoms with Crippen LogP contribution in [0.3, 0.4) is 0 Å². The Kier molecular flexibility index (Phi) is 8.44. The molecule has 40 heavy (non-hydrogen) atoms. The zero-order chi connectivity index (χ0) is 28.9. The average molecular weight is 540 g/mol. The third kappa shape index (κ3) is 6.26. The Labute approximate surface area is 233 Å². The summed E-state index contributed by atoms with van der Waals surface area (Å²) in [7, 11) is 0. The minimum atomic E-state index is -0.877. The number of aryl methyl sites for hydroxylation is 1. The van der Waals surface area contributed by atoms with E-state index in [2.05, 4.69) is 21.8 Å². The molecule has 0 fully saturated rings. The Morgan fingerprint density at radius 1 is 0.975 bits per heavy atom. The van der Waals surface area contributed by atoms with Crippen molar-refractivity contribution in [1.29, 1.82) is 0 Å². The number of esters is 1. The van der Waals surface area contributed by atoms with Gasteiger partial charge in [-0.25, -0.2) is 28.5 Å². The Morgan fingerprint density at radius 3 is 2.35 bits per heavy atom. The van der Waals surface area contributed by atoms with Crippen LogP contribution in [0.4, 0.5) is 9.18 Å². The van der Waals surface area contributed by atoms with Crippen molar-refractivity contribution in [1.82, 2.24) is 14.5 Å². The van der Waals surface area contributed by atoms with Crippen molar-refractivity contribution in [3.63, 3.8) is 0 Å². The van der Waals surface area contributed by atoms with Gasteiger partial charge < -0.3 is 9.47 Å². The van der Waals surface area contributed by atoms with Gasteiger partial charge >= 0.3 is 12.1 Å². The zero-order valence-electron chi connectivity index (χ0n) is 23.1. The maximum atomic E-state index is 15.3. The van der Waals surface area contributed by atoms with Gasteiger partial charge in [-0.2, -0.15) is 0 Å². The summed E-state index contributed by atoms with van der Waals surface area (Å²) in [5, 5.41) is 0. The van der Waals surface area contributed by atoms with Crippen LogP contribution in [0.5, 0.6) is 0 Å². The molecule has 2 aromatic heterocycles. The fourth-order valence-corrected chi connectivity index (χ4v) is 4.06. The minimum Gasteiger partial charge on any atom is -0.461 e. The lowest BCUT2D eigenvalue weighted by Gasteiger charge is -2.21. The average Bonchev–Trinajstić information content (AvgIpc) is 3.32. The molecule has 0 aliphatic carbocycles. The number of hydrogen-bond acceptors (Lipinski definition) is 6. The zero-order valence-corrected chi connectivity index (χ0v) is 23.1. The van der Waals surface area contributed by atoms with E-state index in [4.69, 9.17) is 9.47 Å². The third-order valence-corrected chi connectivity index (χ3v) is 5.77. The van der Waals surface area contributed by atoms with Crippen LogP contribution < -0.4 is 0 Å². The molecule has 0 spiro atoms. The molecule has 2 heterocycles. The monoisotopic (exact) mass is 539 g/mol. The molecule has 0 N–H and O–H groups in total. The fraction of sp³-hybridized carbons (Fsp3) is 0.250. The number of pyridine rings is 1. The van der Waals surface area contributed by atoms with Crippen LogP contribution in [0.1, 0.15) is 61.9 Å². The maximum absolute atomic E-state index is 15.3. The summed E-state index contributed by atoms with van der Waals surface area (Å²) in [6, 6.07) is 17.4. The molecule has 0 aliphatic heterocycles. The van der Waals surface area contributed by atoms with E-state index < -0.39 is 23.5 Å². The number of benzene rings is 2. The van der Waals surface area contributed by atoms with E-state index in [1.165, 1.54) is 12.3 Å². The lowest BCUT2D eigenvalue weighted by Crippen LogP contribution is -2.28. The van der Waals surface area contributed by atoms with Gasteiger partial charge in [-0.1, -0.05) is 43.2 Å². The fourth-order valence-electron chi connectivity index (χ4n) is 4.06.